The number of aryl methyl sites for hydroxylation is 1. The van der Waals surface area contributed by atoms with Crippen LogP contribution in [0.2, 0.25) is 0 Å². The highest BCUT2D eigenvalue weighted by atomic mass is 16.5. The van der Waals surface area contributed by atoms with Crippen LogP contribution in [-0.2, 0) is 21.5 Å². The Hall–Kier alpha value is -2.82. The Morgan fingerprint density at radius 1 is 1.00 bits per heavy atom. The van der Waals surface area contributed by atoms with Gasteiger partial charge in [-0.25, -0.2) is 0 Å². The molecule has 0 spiro atoms. The van der Waals surface area contributed by atoms with Crippen molar-refractivity contribution in [2.24, 2.45) is 0 Å². The molecule has 5 nitrogen and oxygen atoms in total. The van der Waals surface area contributed by atoms with E-state index in [0.29, 0.717) is 18.7 Å². The van der Waals surface area contributed by atoms with Crippen LogP contribution in [-0.4, -0.2) is 35.4 Å². The van der Waals surface area contributed by atoms with E-state index in [2.05, 4.69) is 26.1 Å². The van der Waals surface area contributed by atoms with Crippen molar-refractivity contribution in [1.29, 1.82) is 0 Å². The summed E-state index contributed by atoms with van der Waals surface area (Å²) >= 11 is 0. The van der Waals surface area contributed by atoms with Gasteiger partial charge in [-0.3, -0.25) is 9.59 Å². The average Bonchev–Trinajstić information content (AvgIpc) is 2.72. The third-order valence-electron chi connectivity index (χ3n) is 5.37. The van der Waals surface area contributed by atoms with Crippen LogP contribution < -0.4 is 10.1 Å². The first-order valence-corrected chi connectivity index (χ1v) is 11.4. The molecule has 2 rings (SSSR count). The fraction of sp³-hybridized carbons (Fsp3) is 0.481. The molecule has 174 valence electrons. The molecule has 0 heterocycles. The van der Waals surface area contributed by atoms with Gasteiger partial charge in [0.15, 0.2) is 6.61 Å². The molecule has 0 aliphatic rings. The first-order valence-electron chi connectivity index (χ1n) is 11.4. The smallest absolute Gasteiger partial charge is 0.261 e. The van der Waals surface area contributed by atoms with Gasteiger partial charge in [0.05, 0.1) is 0 Å². The molecule has 0 aliphatic heterocycles. The van der Waals surface area contributed by atoms with E-state index in [1.165, 1.54) is 5.56 Å². The Bertz CT molecular complexity index is 881. The number of nitrogens with one attached hydrogen (secondary N) is 1. The maximum absolute atomic E-state index is 13.2. The second-order valence-corrected chi connectivity index (χ2v) is 9.66. The Kier molecular flexibility index (Phi) is 8.88. The van der Waals surface area contributed by atoms with Crippen molar-refractivity contribution in [2.75, 3.05) is 6.61 Å². The van der Waals surface area contributed by atoms with Gasteiger partial charge >= 0.3 is 0 Å². The Balaban J connectivity index is 2.18. The molecule has 0 saturated heterocycles. The minimum absolute atomic E-state index is 0.00505. The summed E-state index contributed by atoms with van der Waals surface area (Å²) < 4.78 is 5.81. The fourth-order valence-corrected chi connectivity index (χ4v) is 3.47. The normalized spacial score (nSPS) is 12.4. The van der Waals surface area contributed by atoms with E-state index in [1.54, 1.807) is 4.90 Å². The lowest BCUT2D eigenvalue weighted by atomic mass is 9.87. The Morgan fingerprint density at radius 2 is 1.59 bits per heavy atom. The predicted octanol–water partition coefficient (Wildman–Crippen LogP) is 5.00. The number of ether oxygens (including phenoxy) is 1. The molecule has 0 aliphatic carbocycles. The van der Waals surface area contributed by atoms with Gasteiger partial charge in [0, 0.05) is 12.6 Å². The molecule has 0 aromatic heterocycles. The van der Waals surface area contributed by atoms with Crippen molar-refractivity contribution in [3.8, 4) is 5.75 Å². The van der Waals surface area contributed by atoms with E-state index in [1.807, 2.05) is 76.2 Å². The Labute approximate surface area is 193 Å². The third kappa shape index (κ3) is 7.40. The van der Waals surface area contributed by atoms with E-state index >= 15 is 0 Å². The lowest BCUT2D eigenvalue weighted by Crippen LogP contribution is -2.51. The molecule has 5 heteroatoms. The van der Waals surface area contributed by atoms with Crippen LogP contribution in [0, 0.1) is 6.92 Å². The number of nitrogens with zero attached hydrogens (tertiary/aromatic N) is 1. The average molecular weight is 439 g/mol. The van der Waals surface area contributed by atoms with Crippen molar-refractivity contribution in [2.45, 2.75) is 78.9 Å². The van der Waals surface area contributed by atoms with Crippen LogP contribution in [0.5, 0.6) is 5.75 Å². The molecule has 0 bridgehead atoms. The van der Waals surface area contributed by atoms with E-state index in [0.717, 1.165) is 11.1 Å². The van der Waals surface area contributed by atoms with Gasteiger partial charge in [-0.2, -0.15) is 0 Å². The van der Waals surface area contributed by atoms with Gasteiger partial charge in [-0.1, -0.05) is 69.7 Å². The van der Waals surface area contributed by atoms with Gasteiger partial charge in [-0.15, -0.1) is 0 Å². The van der Waals surface area contributed by atoms with Gasteiger partial charge in [-0.05, 0) is 55.9 Å². The molecule has 32 heavy (non-hydrogen) atoms. The Morgan fingerprint density at radius 3 is 2.09 bits per heavy atom. The molecule has 0 saturated carbocycles. The van der Waals surface area contributed by atoms with Gasteiger partial charge in [0.2, 0.25) is 5.91 Å². The second-order valence-electron chi connectivity index (χ2n) is 9.66. The van der Waals surface area contributed by atoms with Crippen LogP contribution in [0.3, 0.4) is 0 Å². The zero-order valence-corrected chi connectivity index (χ0v) is 20.6. The van der Waals surface area contributed by atoms with Gasteiger partial charge in [0.25, 0.3) is 5.91 Å². The zero-order chi connectivity index (χ0) is 23.9. The van der Waals surface area contributed by atoms with E-state index in [-0.39, 0.29) is 29.9 Å². The molecular formula is C27H38N2O3. The van der Waals surface area contributed by atoms with E-state index in [9.17, 15) is 9.59 Å². The maximum Gasteiger partial charge on any atom is 0.261 e. The number of carbonyl (C=O) groups excluding carboxylic acids is 2. The van der Waals surface area contributed by atoms with Crippen molar-refractivity contribution in [3.05, 3.63) is 65.2 Å². The van der Waals surface area contributed by atoms with Crippen LogP contribution in [0.1, 0.15) is 64.7 Å². The SMILES string of the molecule is CC[C@H](C(=O)NC(C)C)N(Cc1ccc(C)cc1)C(=O)COc1ccc(C(C)(C)C)cc1. The molecule has 1 N–H and O–H groups in total. The highest BCUT2D eigenvalue weighted by Gasteiger charge is 2.29. The van der Waals surface area contributed by atoms with Crippen LogP contribution in [0.15, 0.2) is 48.5 Å². The number of hydrogen-bond donors (Lipinski definition) is 1. The summed E-state index contributed by atoms with van der Waals surface area (Å²) in [5.74, 6) is 0.287. The third-order valence-corrected chi connectivity index (χ3v) is 5.37. The van der Waals surface area contributed by atoms with Crippen molar-refractivity contribution in [1.82, 2.24) is 10.2 Å². The molecule has 0 unspecified atom stereocenters. The highest BCUT2D eigenvalue weighted by Crippen LogP contribution is 2.24. The van der Waals surface area contributed by atoms with Crippen LogP contribution in [0.4, 0.5) is 0 Å². The number of rotatable bonds is 9. The monoisotopic (exact) mass is 438 g/mol. The zero-order valence-electron chi connectivity index (χ0n) is 20.6. The number of amides is 2. The summed E-state index contributed by atoms with van der Waals surface area (Å²) in [5, 5.41) is 2.94. The quantitative estimate of drug-likeness (QED) is 0.599. The first-order chi connectivity index (χ1) is 15.0. The minimum atomic E-state index is -0.557. The number of benzene rings is 2. The molecule has 1 atom stereocenters. The number of hydrogen-bond acceptors (Lipinski definition) is 3. The summed E-state index contributed by atoms with van der Waals surface area (Å²) in [5.41, 5.74) is 3.39. The van der Waals surface area contributed by atoms with E-state index in [4.69, 9.17) is 4.74 Å². The van der Waals surface area contributed by atoms with Crippen LogP contribution >= 0.6 is 0 Å². The second kappa shape index (κ2) is 11.2. The molecular weight excluding hydrogens is 400 g/mol. The molecule has 2 amide bonds. The van der Waals surface area contributed by atoms with Crippen molar-refractivity contribution >= 4 is 11.8 Å². The fourth-order valence-electron chi connectivity index (χ4n) is 3.47. The summed E-state index contributed by atoms with van der Waals surface area (Å²) in [7, 11) is 0. The standard InChI is InChI=1S/C27H38N2O3/c1-8-24(26(31)28-19(2)3)29(17-21-11-9-20(4)10-12-21)25(30)18-32-23-15-13-22(14-16-23)27(5,6)7/h9-16,19,24H,8,17-18H2,1-7H3,(H,28,31)/t24-/m1/s1. The lowest BCUT2D eigenvalue weighted by molar-refractivity contribution is -0.143. The minimum Gasteiger partial charge on any atom is -0.484 e. The predicted molar refractivity (Wildman–Crippen MR) is 130 cm³/mol. The van der Waals surface area contributed by atoms with Gasteiger partial charge in [0.1, 0.15) is 11.8 Å². The van der Waals surface area contributed by atoms with Gasteiger partial charge < -0.3 is 15.0 Å². The van der Waals surface area contributed by atoms with Crippen molar-refractivity contribution < 1.29 is 14.3 Å². The molecule has 2 aromatic carbocycles. The van der Waals surface area contributed by atoms with E-state index < -0.39 is 6.04 Å². The lowest BCUT2D eigenvalue weighted by Gasteiger charge is -2.31. The summed E-state index contributed by atoms with van der Waals surface area (Å²) in [6.07, 6.45) is 0.524. The highest BCUT2D eigenvalue weighted by molar-refractivity contribution is 5.88. The molecule has 0 radical (unpaired) electrons. The summed E-state index contributed by atoms with van der Waals surface area (Å²) in [4.78, 5) is 27.7. The maximum atomic E-state index is 13.2. The molecule has 0 fully saturated rings. The van der Waals surface area contributed by atoms with Crippen LogP contribution in [0.25, 0.3) is 0 Å². The summed E-state index contributed by atoms with van der Waals surface area (Å²) in [6.45, 7) is 14.5. The topological polar surface area (TPSA) is 58.6 Å². The molecule has 2 aromatic rings. The number of carbonyl (C=O) groups is 2. The largest absolute Gasteiger partial charge is 0.484 e. The first kappa shape index (κ1) is 25.4. The summed E-state index contributed by atoms with van der Waals surface area (Å²) in [6, 6.07) is 15.3. The van der Waals surface area contributed by atoms with Crippen molar-refractivity contribution in [3.63, 3.8) is 0 Å².